The number of benzene rings is 1. The summed E-state index contributed by atoms with van der Waals surface area (Å²) in [6.07, 6.45) is 4.00. The van der Waals surface area contributed by atoms with Gasteiger partial charge in [0.1, 0.15) is 0 Å². The zero-order valence-corrected chi connectivity index (χ0v) is 11.5. The van der Waals surface area contributed by atoms with Gasteiger partial charge in [0, 0.05) is 18.8 Å². The quantitative estimate of drug-likeness (QED) is 0.485. The molecular formula is C15H17NO4. The third-order valence-electron chi connectivity index (χ3n) is 2.43. The van der Waals surface area contributed by atoms with E-state index in [0.717, 1.165) is 11.6 Å². The molecule has 0 amide bonds. The molecule has 0 spiro atoms. The second kappa shape index (κ2) is 8.53. The first-order valence-corrected chi connectivity index (χ1v) is 5.99. The van der Waals surface area contributed by atoms with Crippen molar-refractivity contribution in [3.8, 4) is 0 Å². The summed E-state index contributed by atoms with van der Waals surface area (Å²) in [7, 11) is 2.54. The van der Waals surface area contributed by atoms with E-state index in [-0.39, 0.29) is 5.57 Å². The Morgan fingerprint density at radius 1 is 1.10 bits per heavy atom. The van der Waals surface area contributed by atoms with E-state index in [1.165, 1.54) is 26.5 Å². The van der Waals surface area contributed by atoms with Crippen LogP contribution in [0.25, 0.3) is 0 Å². The monoisotopic (exact) mass is 275 g/mol. The molecule has 0 radical (unpaired) electrons. The molecule has 0 aliphatic rings. The Balaban J connectivity index is 2.68. The molecule has 0 atom stereocenters. The van der Waals surface area contributed by atoms with Crippen molar-refractivity contribution in [3.05, 3.63) is 59.8 Å². The van der Waals surface area contributed by atoms with Crippen molar-refractivity contribution in [2.75, 3.05) is 14.2 Å². The van der Waals surface area contributed by atoms with Crippen LogP contribution >= 0.6 is 0 Å². The van der Waals surface area contributed by atoms with Gasteiger partial charge in [-0.05, 0) is 11.6 Å². The molecule has 0 saturated carbocycles. The van der Waals surface area contributed by atoms with Gasteiger partial charge < -0.3 is 14.8 Å². The first-order chi connectivity index (χ1) is 9.67. The van der Waals surface area contributed by atoms with Gasteiger partial charge in [-0.15, -0.1) is 0 Å². The van der Waals surface area contributed by atoms with Gasteiger partial charge in [-0.25, -0.2) is 9.59 Å². The Bertz CT molecular complexity index is 506. The van der Waals surface area contributed by atoms with E-state index in [2.05, 4.69) is 14.8 Å². The summed E-state index contributed by atoms with van der Waals surface area (Å²) < 4.78 is 9.09. The van der Waals surface area contributed by atoms with E-state index < -0.39 is 11.9 Å². The Morgan fingerprint density at radius 2 is 1.80 bits per heavy atom. The van der Waals surface area contributed by atoms with E-state index in [0.29, 0.717) is 6.54 Å². The first-order valence-electron chi connectivity index (χ1n) is 5.99. The molecule has 5 nitrogen and oxygen atoms in total. The van der Waals surface area contributed by atoms with Gasteiger partial charge >= 0.3 is 11.9 Å². The minimum Gasteiger partial charge on any atom is -0.466 e. The average molecular weight is 275 g/mol. The maximum absolute atomic E-state index is 11.5. The summed E-state index contributed by atoms with van der Waals surface area (Å²) in [6.45, 7) is 0.563. The minimum absolute atomic E-state index is 0.230. The molecule has 1 N–H and O–H groups in total. The van der Waals surface area contributed by atoms with Gasteiger partial charge in [-0.3, -0.25) is 0 Å². The lowest BCUT2D eigenvalue weighted by molar-refractivity contribution is -0.135. The zero-order valence-electron chi connectivity index (χ0n) is 11.5. The summed E-state index contributed by atoms with van der Waals surface area (Å²) in [4.78, 5) is 22.5. The fourth-order valence-corrected chi connectivity index (χ4v) is 1.39. The maximum Gasteiger partial charge on any atom is 0.339 e. The number of hydrogen-bond donors (Lipinski definition) is 1. The molecule has 0 bridgehead atoms. The first kappa shape index (κ1) is 15.5. The van der Waals surface area contributed by atoms with Crippen LogP contribution in [0.5, 0.6) is 0 Å². The van der Waals surface area contributed by atoms with Gasteiger partial charge in [0.2, 0.25) is 0 Å². The summed E-state index contributed by atoms with van der Waals surface area (Å²) >= 11 is 0. The molecule has 20 heavy (non-hydrogen) atoms. The van der Waals surface area contributed by atoms with Crippen LogP contribution in [0.4, 0.5) is 0 Å². The highest BCUT2D eigenvalue weighted by molar-refractivity contribution is 5.93. The predicted molar refractivity (Wildman–Crippen MR) is 74.5 cm³/mol. The molecule has 1 rings (SSSR count). The number of ether oxygens (including phenoxy) is 2. The molecule has 5 heteroatoms. The second-order valence-corrected chi connectivity index (χ2v) is 3.81. The average Bonchev–Trinajstić information content (AvgIpc) is 2.50. The summed E-state index contributed by atoms with van der Waals surface area (Å²) in [5.41, 5.74) is 1.30. The van der Waals surface area contributed by atoms with Crippen LogP contribution in [0.15, 0.2) is 54.3 Å². The Labute approximate surface area is 117 Å². The van der Waals surface area contributed by atoms with Crippen LogP contribution in [-0.4, -0.2) is 26.2 Å². The summed E-state index contributed by atoms with van der Waals surface area (Å²) in [5, 5.41) is 2.99. The van der Waals surface area contributed by atoms with Crippen molar-refractivity contribution in [1.82, 2.24) is 5.32 Å². The lowest BCUT2D eigenvalue weighted by Crippen LogP contribution is -2.11. The van der Waals surface area contributed by atoms with Gasteiger partial charge in [-0.1, -0.05) is 30.3 Å². The van der Waals surface area contributed by atoms with Crippen molar-refractivity contribution in [2.24, 2.45) is 0 Å². The van der Waals surface area contributed by atoms with E-state index in [1.54, 1.807) is 0 Å². The Hall–Kier alpha value is -2.56. The third-order valence-corrected chi connectivity index (χ3v) is 2.43. The van der Waals surface area contributed by atoms with Crippen molar-refractivity contribution in [2.45, 2.75) is 6.54 Å². The molecule has 0 saturated heterocycles. The third kappa shape index (κ3) is 5.39. The van der Waals surface area contributed by atoms with Crippen LogP contribution < -0.4 is 5.32 Å². The van der Waals surface area contributed by atoms with E-state index in [4.69, 9.17) is 0 Å². The van der Waals surface area contributed by atoms with Crippen molar-refractivity contribution >= 4 is 11.9 Å². The Morgan fingerprint density at radius 3 is 2.40 bits per heavy atom. The topological polar surface area (TPSA) is 64.6 Å². The lowest BCUT2D eigenvalue weighted by atomic mass is 10.2. The van der Waals surface area contributed by atoms with Crippen molar-refractivity contribution in [1.29, 1.82) is 0 Å². The van der Waals surface area contributed by atoms with E-state index in [9.17, 15) is 9.59 Å². The molecule has 0 heterocycles. The molecule has 0 fully saturated rings. The van der Waals surface area contributed by atoms with Crippen LogP contribution in [0.1, 0.15) is 5.56 Å². The molecule has 0 aromatic heterocycles. The van der Waals surface area contributed by atoms with E-state index >= 15 is 0 Å². The van der Waals surface area contributed by atoms with Gasteiger partial charge in [-0.2, -0.15) is 0 Å². The molecule has 0 unspecified atom stereocenters. The minimum atomic E-state index is -0.539. The summed E-state index contributed by atoms with van der Waals surface area (Å²) in [5.74, 6) is -1.08. The highest BCUT2D eigenvalue weighted by Crippen LogP contribution is 2.01. The molecular weight excluding hydrogens is 258 g/mol. The second-order valence-electron chi connectivity index (χ2n) is 3.81. The van der Waals surface area contributed by atoms with Crippen LogP contribution in [0.2, 0.25) is 0 Å². The SMILES string of the molecule is COC(=O)/C=C/C(=C\NCc1ccccc1)C(=O)OC. The highest BCUT2D eigenvalue weighted by atomic mass is 16.5. The molecule has 0 aliphatic carbocycles. The van der Waals surface area contributed by atoms with E-state index in [1.807, 2.05) is 30.3 Å². The largest absolute Gasteiger partial charge is 0.466 e. The van der Waals surface area contributed by atoms with Crippen molar-refractivity contribution < 1.29 is 19.1 Å². The van der Waals surface area contributed by atoms with Crippen LogP contribution in [-0.2, 0) is 25.6 Å². The number of carbonyl (C=O) groups excluding carboxylic acids is 2. The lowest BCUT2D eigenvalue weighted by Gasteiger charge is -2.04. The number of nitrogens with one attached hydrogen (secondary N) is 1. The fourth-order valence-electron chi connectivity index (χ4n) is 1.39. The van der Waals surface area contributed by atoms with Gasteiger partial charge in [0.15, 0.2) is 0 Å². The highest BCUT2D eigenvalue weighted by Gasteiger charge is 2.06. The number of carbonyl (C=O) groups is 2. The number of rotatable bonds is 6. The number of hydrogen-bond acceptors (Lipinski definition) is 5. The molecule has 1 aromatic carbocycles. The standard InChI is InChI=1S/C15H17NO4/c1-19-14(17)9-8-13(15(18)20-2)11-16-10-12-6-4-3-5-7-12/h3-9,11,16H,10H2,1-2H3/b9-8+,13-11+. The van der Waals surface area contributed by atoms with Gasteiger partial charge in [0.05, 0.1) is 19.8 Å². The zero-order chi connectivity index (χ0) is 14.8. The fraction of sp³-hybridized carbons (Fsp3) is 0.200. The van der Waals surface area contributed by atoms with Crippen molar-refractivity contribution in [3.63, 3.8) is 0 Å². The normalized spacial score (nSPS) is 11.2. The molecule has 1 aromatic rings. The maximum atomic E-state index is 11.5. The summed E-state index contributed by atoms with van der Waals surface area (Å²) in [6, 6.07) is 9.71. The van der Waals surface area contributed by atoms with Crippen LogP contribution in [0, 0.1) is 0 Å². The van der Waals surface area contributed by atoms with Crippen LogP contribution in [0.3, 0.4) is 0 Å². The Kier molecular flexibility index (Phi) is 6.61. The smallest absolute Gasteiger partial charge is 0.339 e. The number of esters is 2. The predicted octanol–water partition coefficient (Wildman–Crippen LogP) is 1.56. The van der Waals surface area contributed by atoms with Gasteiger partial charge in [0.25, 0.3) is 0 Å². The molecule has 0 aliphatic heterocycles. The molecule has 106 valence electrons. The number of methoxy groups -OCH3 is 2.